The molecule has 104 valence electrons. The van der Waals surface area contributed by atoms with Crippen molar-refractivity contribution in [1.29, 1.82) is 0 Å². The summed E-state index contributed by atoms with van der Waals surface area (Å²) in [5.41, 5.74) is 5.90. The fourth-order valence-corrected chi connectivity index (χ4v) is 4.06. The molecule has 1 aliphatic heterocycles. The molecule has 0 aromatic carbocycles. The first-order chi connectivity index (χ1) is 9.06. The maximum absolute atomic E-state index is 4.67. The minimum Gasteiger partial charge on any atom is -0.370 e. The topological polar surface area (TPSA) is 16.1 Å². The Bertz CT molecular complexity index is 496. The van der Waals surface area contributed by atoms with Crippen LogP contribution in [0.15, 0.2) is 4.47 Å². The van der Waals surface area contributed by atoms with Crippen molar-refractivity contribution in [2.45, 2.75) is 52.9 Å². The number of hydrogen-bond acceptors (Lipinski definition) is 2. The van der Waals surface area contributed by atoms with Gasteiger partial charge in [-0.05, 0) is 72.9 Å². The van der Waals surface area contributed by atoms with Crippen molar-refractivity contribution in [3.63, 3.8) is 0 Å². The van der Waals surface area contributed by atoms with E-state index in [0.717, 1.165) is 17.5 Å². The van der Waals surface area contributed by atoms with Crippen LogP contribution < -0.4 is 4.90 Å². The van der Waals surface area contributed by atoms with Crippen molar-refractivity contribution in [1.82, 2.24) is 4.98 Å². The standard InChI is InChI=1S/C16H23BrN2/c1-4-13-11(2)18-12(3)14(17)15(13)19-9-7-16(5-6-16)8-10-19/h4-10H2,1-3H3. The second-order valence-electron chi connectivity index (χ2n) is 6.26. The van der Waals surface area contributed by atoms with Crippen LogP contribution in [-0.2, 0) is 6.42 Å². The van der Waals surface area contributed by atoms with Gasteiger partial charge in [-0.25, -0.2) is 0 Å². The second-order valence-corrected chi connectivity index (χ2v) is 7.06. The molecule has 1 saturated carbocycles. The summed E-state index contributed by atoms with van der Waals surface area (Å²) in [7, 11) is 0. The summed E-state index contributed by atoms with van der Waals surface area (Å²) in [5, 5.41) is 0. The predicted molar refractivity (Wildman–Crippen MR) is 83.9 cm³/mol. The first-order valence-corrected chi connectivity index (χ1v) is 8.26. The van der Waals surface area contributed by atoms with Crippen LogP contribution in [-0.4, -0.2) is 18.1 Å². The van der Waals surface area contributed by atoms with Crippen LogP contribution in [0.3, 0.4) is 0 Å². The molecule has 1 saturated heterocycles. The largest absolute Gasteiger partial charge is 0.370 e. The molecular weight excluding hydrogens is 300 g/mol. The van der Waals surface area contributed by atoms with Crippen LogP contribution in [0, 0.1) is 19.3 Å². The average Bonchev–Trinajstić information content (AvgIpc) is 3.14. The van der Waals surface area contributed by atoms with Gasteiger partial charge in [-0.1, -0.05) is 6.92 Å². The molecule has 1 aromatic heterocycles. The molecule has 1 aliphatic carbocycles. The van der Waals surface area contributed by atoms with E-state index < -0.39 is 0 Å². The SMILES string of the molecule is CCc1c(C)nc(C)c(Br)c1N1CCC2(CC1)CC2. The Hall–Kier alpha value is -0.570. The van der Waals surface area contributed by atoms with Crippen molar-refractivity contribution in [2.75, 3.05) is 18.0 Å². The number of piperidine rings is 1. The average molecular weight is 323 g/mol. The first kappa shape index (κ1) is 13.4. The van der Waals surface area contributed by atoms with Gasteiger partial charge in [-0.3, -0.25) is 4.98 Å². The van der Waals surface area contributed by atoms with Crippen molar-refractivity contribution in [2.24, 2.45) is 5.41 Å². The molecular formula is C16H23BrN2. The van der Waals surface area contributed by atoms with Crippen LogP contribution in [0.2, 0.25) is 0 Å². The van der Waals surface area contributed by atoms with Gasteiger partial charge >= 0.3 is 0 Å². The van der Waals surface area contributed by atoms with E-state index in [2.05, 4.69) is 46.6 Å². The third-order valence-electron chi connectivity index (χ3n) is 5.03. The van der Waals surface area contributed by atoms with Gasteiger partial charge in [0, 0.05) is 18.8 Å². The molecule has 1 spiro atoms. The first-order valence-electron chi connectivity index (χ1n) is 7.47. The van der Waals surface area contributed by atoms with E-state index in [1.165, 1.54) is 60.2 Å². The molecule has 0 unspecified atom stereocenters. The van der Waals surface area contributed by atoms with Gasteiger partial charge in [0.15, 0.2) is 0 Å². The summed E-state index contributed by atoms with van der Waals surface area (Å²) in [4.78, 5) is 7.26. The monoisotopic (exact) mass is 322 g/mol. The van der Waals surface area contributed by atoms with E-state index in [1.807, 2.05) is 0 Å². The highest BCUT2D eigenvalue weighted by Crippen LogP contribution is 2.54. The molecule has 19 heavy (non-hydrogen) atoms. The van der Waals surface area contributed by atoms with E-state index in [1.54, 1.807) is 0 Å². The summed E-state index contributed by atoms with van der Waals surface area (Å²) >= 11 is 3.78. The molecule has 2 aliphatic rings. The lowest BCUT2D eigenvalue weighted by molar-refractivity contribution is 0.384. The molecule has 0 N–H and O–H groups in total. The van der Waals surface area contributed by atoms with Gasteiger partial charge in [-0.2, -0.15) is 0 Å². The lowest BCUT2D eigenvalue weighted by Gasteiger charge is -2.36. The Kier molecular flexibility index (Phi) is 3.36. The molecule has 1 aromatic rings. The smallest absolute Gasteiger partial charge is 0.0624 e. The molecule has 2 nitrogen and oxygen atoms in total. The van der Waals surface area contributed by atoms with E-state index >= 15 is 0 Å². The lowest BCUT2D eigenvalue weighted by atomic mass is 9.92. The highest BCUT2D eigenvalue weighted by Gasteiger charge is 2.44. The zero-order chi connectivity index (χ0) is 13.6. The third kappa shape index (κ3) is 2.31. The predicted octanol–water partition coefficient (Wildman–Crippen LogP) is 4.40. The summed E-state index contributed by atoms with van der Waals surface area (Å²) in [6.45, 7) is 8.92. The lowest BCUT2D eigenvalue weighted by Crippen LogP contribution is -2.35. The highest BCUT2D eigenvalue weighted by molar-refractivity contribution is 9.10. The fourth-order valence-electron chi connectivity index (χ4n) is 3.48. The molecule has 0 radical (unpaired) electrons. The van der Waals surface area contributed by atoms with Gasteiger partial charge in [0.05, 0.1) is 15.9 Å². The third-order valence-corrected chi connectivity index (χ3v) is 5.98. The van der Waals surface area contributed by atoms with E-state index in [-0.39, 0.29) is 0 Å². The van der Waals surface area contributed by atoms with Crippen molar-refractivity contribution in [3.8, 4) is 0 Å². The summed E-state index contributed by atoms with van der Waals surface area (Å²) in [5.74, 6) is 0. The molecule has 0 bridgehead atoms. The second kappa shape index (κ2) is 4.76. The number of rotatable bonds is 2. The Morgan fingerprint density at radius 2 is 1.74 bits per heavy atom. The number of aryl methyl sites for hydroxylation is 2. The number of anilines is 1. The van der Waals surface area contributed by atoms with Crippen molar-refractivity contribution < 1.29 is 0 Å². The summed E-state index contributed by atoms with van der Waals surface area (Å²) < 4.78 is 1.21. The molecule has 2 heterocycles. The number of nitrogens with zero attached hydrogens (tertiary/aromatic N) is 2. The van der Waals surface area contributed by atoms with Crippen LogP contribution >= 0.6 is 15.9 Å². The molecule has 3 rings (SSSR count). The Morgan fingerprint density at radius 1 is 1.11 bits per heavy atom. The molecule has 0 atom stereocenters. The van der Waals surface area contributed by atoms with Gasteiger partial charge in [0.2, 0.25) is 0 Å². The maximum Gasteiger partial charge on any atom is 0.0624 e. The molecule has 0 amide bonds. The van der Waals surface area contributed by atoms with Gasteiger partial charge < -0.3 is 4.90 Å². The summed E-state index contributed by atoms with van der Waals surface area (Å²) in [6, 6.07) is 0. The Balaban J connectivity index is 1.94. The Labute approximate surface area is 124 Å². The van der Waals surface area contributed by atoms with Crippen molar-refractivity contribution >= 4 is 21.6 Å². The van der Waals surface area contributed by atoms with E-state index in [4.69, 9.17) is 0 Å². The minimum absolute atomic E-state index is 0.743. The van der Waals surface area contributed by atoms with Gasteiger partial charge in [0.1, 0.15) is 0 Å². The van der Waals surface area contributed by atoms with Gasteiger partial charge in [0.25, 0.3) is 0 Å². The van der Waals surface area contributed by atoms with E-state index in [0.29, 0.717) is 0 Å². The normalized spacial score (nSPS) is 20.9. The van der Waals surface area contributed by atoms with E-state index in [9.17, 15) is 0 Å². The quantitative estimate of drug-likeness (QED) is 0.802. The number of hydrogen-bond donors (Lipinski definition) is 0. The number of aromatic nitrogens is 1. The van der Waals surface area contributed by atoms with Crippen LogP contribution in [0.1, 0.15) is 49.6 Å². The molecule has 3 heteroatoms. The van der Waals surface area contributed by atoms with Crippen LogP contribution in [0.25, 0.3) is 0 Å². The minimum atomic E-state index is 0.743. The van der Waals surface area contributed by atoms with Crippen LogP contribution in [0.5, 0.6) is 0 Å². The zero-order valence-electron chi connectivity index (χ0n) is 12.2. The summed E-state index contributed by atoms with van der Waals surface area (Å²) in [6.07, 6.45) is 6.76. The maximum atomic E-state index is 4.67. The van der Waals surface area contributed by atoms with Crippen LogP contribution in [0.4, 0.5) is 5.69 Å². The molecule has 2 fully saturated rings. The highest BCUT2D eigenvalue weighted by atomic mass is 79.9. The number of pyridine rings is 1. The van der Waals surface area contributed by atoms with Gasteiger partial charge in [-0.15, -0.1) is 0 Å². The zero-order valence-corrected chi connectivity index (χ0v) is 13.8. The fraction of sp³-hybridized carbons (Fsp3) is 0.688. The van der Waals surface area contributed by atoms with Crippen molar-refractivity contribution in [3.05, 3.63) is 21.4 Å². The Morgan fingerprint density at radius 3 is 2.26 bits per heavy atom. The number of halogens is 1.